The van der Waals surface area contributed by atoms with Crippen molar-refractivity contribution in [3.63, 3.8) is 0 Å². The fourth-order valence-electron chi connectivity index (χ4n) is 3.09. The van der Waals surface area contributed by atoms with E-state index < -0.39 is 0 Å². The van der Waals surface area contributed by atoms with Gasteiger partial charge in [0, 0.05) is 5.92 Å². The van der Waals surface area contributed by atoms with E-state index in [1.54, 1.807) is 0 Å². The summed E-state index contributed by atoms with van der Waals surface area (Å²) < 4.78 is 0. The van der Waals surface area contributed by atoms with Crippen LogP contribution >= 0.6 is 0 Å². The average molecular weight is 258 g/mol. The summed E-state index contributed by atoms with van der Waals surface area (Å²) in [5.74, 6) is 6.55. The van der Waals surface area contributed by atoms with Crippen molar-refractivity contribution in [2.75, 3.05) is 5.01 Å². The van der Waals surface area contributed by atoms with Gasteiger partial charge in [-0.05, 0) is 41.0 Å². The van der Waals surface area contributed by atoms with Crippen molar-refractivity contribution < 1.29 is 0 Å². The van der Waals surface area contributed by atoms with Crippen LogP contribution in [-0.4, -0.2) is 6.04 Å². The second-order valence-corrected chi connectivity index (χ2v) is 5.19. The molecule has 2 nitrogen and oxygen atoms in total. The van der Waals surface area contributed by atoms with Gasteiger partial charge in [-0.3, -0.25) is 0 Å². The Morgan fingerprint density at radius 2 is 2.00 bits per heavy atom. The molecule has 2 N–H and O–H groups in total. The molecule has 2 atom stereocenters. The van der Waals surface area contributed by atoms with Crippen LogP contribution in [0.1, 0.15) is 11.5 Å². The number of benzene rings is 1. The van der Waals surface area contributed by atoms with Crippen molar-refractivity contribution in [3.05, 3.63) is 88.9 Å². The van der Waals surface area contributed by atoms with Gasteiger partial charge in [-0.2, -0.15) is 0 Å². The van der Waals surface area contributed by atoms with E-state index in [2.05, 4.69) is 54.0 Å². The molecule has 0 fully saturated rings. The van der Waals surface area contributed by atoms with Crippen LogP contribution in [0.3, 0.4) is 0 Å². The maximum absolute atomic E-state index is 6.23. The molecular formula is C18H14N2. The zero-order chi connectivity index (χ0) is 13.5. The van der Waals surface area contributed by atoms with E-state index in [1.165, 1.54) is 16.7 Å². The fourth-order valence-corrected chi connectivity index (χ4v) is 3.09. The predicted molar refractivity (Wildman–Crippen MR) is 81.1 cm³/mol. The molecule has 96 valence electrons. The molecule has 0 saturated heterocycles. The molecule has 2 unspecified atom stereocenters. The molecule has 1 aromatic rings. The Morgan fingerprint density at radius 3 is 2.85 bits per heavy atom. The number of hydrazine groups is 1. The molecule has 1 aromatic carbocycles. The van der Waals surface area contributed by atoms with E-state index in [0.29, 0.717) is 5.92 Å². The lowest BCUT2D eigenvalue weighted by molar-refractivity contribution is 0.690. The summed E-state index contributed by atoms with van der Waals surface area (Å²) in [6, 6.07) is 8.58. The molecule has 0 spiro atoms. The minimum Gasteiger partial charge on any atom is -0.303 e. The SMILES string of the molecule is NN1c2ccccc2C2C=C(C3=CC=C=C=C3)C=CC21. The molecule has 0 amide bonds. The first-order valence-corrected chi connectivity index (χ1v) is 6.75. The van der Waals surface area contributed by atoms with Crippen molar-refractivity contribution in [2.45, 2.75) is 12.0 Å². The predicted octanol–water partition coefficient (Wildman–Crippen LogP) is 3.14. The maximum atomic E-state index is 6.23. The summed E-state index contributed by atoms with van der Waals surface area (Å²) in [5, 5.41) is 1.87. The van der Waals surface area contributed by atoms with Crippen molar-refractivity contribution >= 4 is 5.69 Å². The Bertz CT molecular complexity index is 766. The molecule has 2 heteroatoms. The molecule has 4 rings (SSSR count). The summed E-state index contributed by atoms with van der Waals surface area (Å²) in [7, 11) is 0. The number of rotatable bonds is 1. The second kappa shape index (κ2) is 4.26. The number of fused-ring (bicyclic) bond motifs is 3. The molecule has 1 heterocycles. The van der Waals surface area contributed by atoms with Crippen LogP contribution < -0.4 is 10.9 Å². The zero-order valence-corrected chi connectivity index (χ0v) is 11.0. The minimum atomic E-state index is 0.218. The topological polar surface area (TPSA) is 29.3 Å². The Kier molecular flexibility index (Phi) is 2.42. The van der Waals surface area contributed by atoms with Gasteiger partial charge in [0.05, 0.1) is 11.7 Å². The van der Waals surface area contributed by atoms with Gasteiger partial charge in [0.1, 0.15) is 0 Å². The third kappa shape index (κ3) is 1.57. The van der Waals surface area contributed by atoms with E-state index in [1.807, 2.05) is 23.2 Å². The fraction of sp³-hybridized carbons (Fsp3) is 0.111. The number of nitrogens with zero attached hydrogens (tertiary/aromatic N) is 1. The van der Waals surface area contributed by atoms with E-state index in [9.17, 15) is 0 Å². The van der Waals surface area contributed by atoms with Gasteiger partial charge in [0.2, 0.25) is 0 Å². The molecule has 1 aliphatic heterocycles. The quantitative estimate of drug-likeness (QED) is 0.619. The van der Waals surface area contributed by atoms with Crippen LogP contribution in [0.4, 0.5) is 5.69 Å². The van der Waals surface area contributed by atoms with Crippen LogP contribution in [0.25, 0.3) is 0 Å². The van der Waals surface area contributed by atoms with Crippen LogP contribution in [0.5, 0.6) is 0 Å². The van der Waals surface area contributed by atoms with E-state index >= 15 is 0 Å². The van der Waals surface area contributed by atoms with Crippen molar-refractivity contribution in [3.8, 4) is 0 Å². The summed E-state index contributed by atoms with van der Waals surface area (Å²) in [4.78, 5) is 0. The van der Waals surface area contributed by atoms with Gasteiger partial charge in [-0.1, -0.05) is 47.9 Å². The molecule has 20 heavy (non-hydrogen) atoms. The largest absolute Gasteiger partial charge is 0.303 e. The highest BCUT2D eigenvalue weighted by molar-refractivity contribution is 5.66. The first kappa shape index (κ1) is 11.3. The molecule has 0 bridgehead atoms. The zero-order valence-electron chi connectivity index (χ0n) is 11.0. The Labute approximate surface area is 118 Å². The highest BCUT2D eigenvalue weighted by Gasteiger charge is 2.35. The van der Waals surface area contributed by atoms with Crippen molar-refractivity contribution in [1.82, 2.24) is 0 Å². The Hall–Kier alpha value is -2.50. The molecular weight excluding hydrogens is 244 g/mol. The standard InChI is InChI=1S/C18H14N2/c19-20-17-9-5-4-8-15(17)16-12-14(10-11-18(16)20)13-6-2-1-3-7-13/h2,4-12,16,18H,19H2. The van der Waals surface area contributed by atoms with Crippen LogP contribution in [0.2, 0.25) is 0 Å². The van der Waals surface area contributed by atoms with Gasteiger partial charge in [-0.15, -0.1) is 0 Å². The Balaban J connectivity index is 1.78. The lowest BCUT2D eigenvalue weighted by atomic mass is 9.86. The minimum absolute atomic E-state index is 0.218. The van der Waals surface area contributed by atoms with Gasteiger partial charge < -0.3 is 5.01 Å². The monoisotopic (exact) mass is 258 g/mol. The summed E-state index contributed by atoms with van der Waals surface area (Å²) in [6.45, 7) is 0. The molecule has 2 aliphatic carbocycles. The summed E-state index contributed by atoms with van der Waals surface area (Å²) in [5.41, 5.74) is 10.8. The lowest BCUT2D eigenvalue weighted by Gasteiger charge is -2.25. The average Bonchev–Trinajstić information content (AvgIpc) is 2.81. The lowest BCUT2D eigenvalue weighted by Crippen LogP contribution is -2.38. The summed E-state index contributed by atoms with van der Waals surface area (Å²) in [6.07, 6.45) is 12.6. The normalized spacial score (nSPS) is 25.4. The third-order valence-corrected chi connectivity index (χ3v) is 4.09. The first-order chi connectivity index (χ1) is 9.84. The molecule has 0 aromatic heterocycles. The first-order valence-electron chi connectivity index (χ1n) is 6.75. The maximum Gasteiger partial charge on any atom is 0.0740 e. The van der Waals surface area contributed by atoms with Crippen molar-refractivity contribution in [1.29, 1.82) is 0 Å². The number of anilines is 1. The van der Waals surface area contributed by atoms with Crippen LogP contribution in [0.15, 0.2) is 83.3 Å². The van der Waals surface area contributed by atoms with E-state index in [-0.39, 0.29) is 6.04 Å². The van der Waals surface area contributed by atoms with E-state index in [4.69, 9.17) is 5.84 Å². The molecule has 0 radical (unpaired) electrons. The smallest absolute Gasteiger partial charge is 0.0740 e. The van der Waals surface area contributed by atoms with Gasteiger partial charge in [-0.25, -0.2) is 5.84 Å². The number of para-hydroxylation sites is 1. The summed E-state index contributed by atoms with van der Waals surface area (Å²) >= 11 is 0. The molecule has 0 saturated carbocycles. The number of hydrogen-bond donors (Lipinski definition) is 1. The Morgan fingerprint density at radius 1 is 1.10 bits per heavy atom. The number of hydrogen-bond acceptors (Lipinski definition) is 2. The molecule has 3 aliphatic rings. The number of allylic oxidation sites excluding steroid dienone is 6. The van der Waals surface area contributed by atoms with Gasteiger partial charge in [0.15, 0.2) is 0 Å². The van der Waals surface area contributed by atoms with Gasteiger partial charge >= 0.3 is 0 Å². The highest BCUT2D eigenvalue weighted by atomic mass is 15.4. The number of nitrogens with two attached hydrogens (primary N) is 1. The van der Waals surface area contributed by atoms with Crippen LogP contribution in [0, 0.1) is 0 Å². The highest BCUT2D eigenvalue weighted by Crippen LogP contribution is 2.43. The van der Waals surface area contributed by atoms with Gasteiger partial charge in [0.25, 0.3) is 0 Å². The van der Waals surface area contributed by atoms with Crippen LogP contribution in [-0.2, 0) is 0 Å². The van der Waals surface area contributed by atoms with E-state index in [0.717, 1.165) is 5.69 Å². The van der Waals surface area contributed by atoms with Crippen molar-refractivity contribution in [2.24, 2.45) is 5.84 Å². The third-order valence-electron chi connectivity index (χ3n) is 4.09. The second-order valence-electron chi connectivity index (χ2n) is 5.19.